The van der Waals surface area contributed by atoms with Crippen molar-refractivity contribution in [1.82, 2.24) is 0 Å². The first-order valence-corrected chi connectivity index (χ1v) is 29.2. The van der Waals surface area contributed by atoms with Gasteiger partial charge in [-0.2, -0.15) is 0 Å². The van der Waals surface area contributed by atoms with Gasteiger partial charge < -0.3 is 35.6 Å². The summed E-state index contributed by atoms with van der Waals surface area (Å²) in [4.78, 5) is 97.1. The van der Waals surface area contributed by atoms with Crippen LogP contribution in [0.25, 0.3) is 0 Å². The number of nitrogens with one attached hydrogen (secondary N) is 3. The lowest BCUT2D eigenvalue weighted by Crippen LogP contribution is -2.24. The summed E-state index contributed by atoms with van der Waals surface area (Å²) >= 11 is 0. The van der Waals surface area contributed by atoms with Gasteiger partial charge in [-0.15, -0.1) is 0 Å². The maximum absolute atomic E-state index is 13.9. The van der Waals surface area contributed by atoms with E-state index >= 15 is 0 Å². The number of nitro benzene ring substituents is 1. The number of hydrogen-bond donors (Lipinski definition) is 5. The Labute approximate surface area is 526 Å². The van der Waals surface area contributed by atoms with Gasteiger partial charge >= 0.3 is 6.16 Å². The molecule has 17 nitrogen and oxygen atoms in total. The van der Waals surface area contributed by atoms with Crippen LogP contribution in [0.3, 0.4) is 0 Å². The molecule has 6 aromatic rings. The van der Waals surface area contributed by atoms with Gasteiger partial charge in [-0.3, -0.25) is 38.9 Å². The van der Waals surface area contributed by atoms with Gasteiger partial charge in [0.05, 0.1) is 48.0 Å². The summed E-state index contributed by atoms with van der Waals surface area (Å²) < 4.78 is 37.6. The number of halogens is 2. The molecule has 0 saturated heterocycles. The van der Waals surface area contributed by atoms with Crippen LogP contribution in [-0.2, 0) is 51.6 Å². The molecule has 0 fully saturated rings. The van der Waals surface area contributed by atoms with Gasteiger partial charge in [-0.1, -0.05) is 161 Å². The van der Waals surface area contributed by atoms with E-state index in [1.807, 2.05) is 143 Å². The highest BCUT2D eigenvalue weighted by atomic mass is 19.1. The molecule has 0 aliphatic heterocycles. The SMILES string of the molecule is CC(C)(C)c1cc(C(C)(C)C)c(NC(=O)CC(=O)c2ccccc2F)cc1O.CC(C)(C)c1cc(C(C)(C)C)c(NC(=O)CC(=O)c2ccccc2[N+](=O)[O-])cc1O.COC(=O)Oc1cc(NC(=O)CC(=O)c2ccccc2F)c(C(C)(C)C)cc1C(C)(C)C. The summed E-state index contributed by atoms with van der Waals surface area (Å²) in [5, 5.41) is 40.2. The van der Waals surface area contributed by atoms with E-state index in [1.165, 1.54) is 86.0 Å². The molecular weight excluding hydrogens is 1150 g/mol. The molecule has 482 valence electrons. The van der Waals surface area contributed by atoms with E-state index < -0.39 is 77.0 Å². The third kappa shape index (κ3) is 20.2. The van der Waals surface area contributed by atoms with Crippen molar-refractivity contribution in [3.05, 3.63) is 181 Å². The minimum atomic E-state index is -0.883. The maximum atomic E-state index is 13.9. The number of benzene rings is 6. The van der Waals surface area contributed by atoms with Crippen LogP contribution in [0.15, 0.2) is 109 Å². The van der Waals surface area contributed by atoms with E-state index in [1.54, 1.807) is 12.1 Å². The summed E-state index contributed by atoms with van der Waals surface area (Å²) in [5.74, 6) is -4.58. The number of ether oxygens (including phenoxy) is 2. The lowest BCUT2D eigenvalue weighted by Gasteiger charge is -2.29. The molecule has 0 aliphatic rings. The molecule has 3 amide bonds. The number of hydrogen-bond acceptors (Lipinski definition) is 13. The van der Waals surface area contributed by atoms with Gasteiger partial charge in [-0.05, 0) is 109 Å². The molecule has 0 atom stereocenters. The molecule has 0 aliphatic carbocycles. The molecule has 0 spiro atoms. The van der Waals surface area contributed by atoms with E-state index in [2.05, 4.69) is 20.7 Å². The number of amides is 3. The Kier molecular flexibility index (Phi) is 23.6. The third-order valence-electron chi connectivity index (χ3n) is 14.1. The summed E-state index contributed by atoms with van der Waals surface area (Å²) in [6.45, 7) is 35.8. The van der Waals surface area contributed by atoms with E-state index in [4.69, 9.17) is 4.74 Å². The van der Waals surface area contributed by atoms with Gasteiger partial charge in [0.15, 0.2) is 17.3 Å². The summed E-state index contributed by atoms with van der Waals surface area (Å²) in [6.07, 6.45) is -2.44. The zero-order valence-electron chi connectivity index (χ0n) is 55.1. The molecule has 0 bridgehead atoms. The molecule has 6 aromatic carbocycles. The van der Waals surface area contributed by atoms with E-state index in [0.29, 0.717) is 17.1 Å². The lowest BCUT2D eigenvalue weighted by molar-refractivity contribution is -0.385. The number of rotatable bonds is 14. The van der Waals surface area contributed by atoms with Crippen molar-refractivity contribution >= 4 is 64.0 Å². The van der Waals surface area contributed by atoms with Gasteiger partial charge in [0.1, 0.15) is 28.9 Å². The largest absolute Gasteiger partial charge is 0.513 e. The van der Waals surface area contributed by atoms with Crippen LogP contribution in [0.5, 0.6) is 17.2 Å². The lowest BCUT2D eigenvalue weighted by atomic mass is 9.79. The highest BCUT2D eigenvalue weighted by Gasteiger charge is 2.32. The topological polar surface area (TPSA) is 258 Å². The summed E-state index contributed by atoms with van der Waals surface area (Å²) in [7, 11) is 1.21. The average molecular weight is 1240 g/mol. The van der Waals surface area contributed by atoms with Gasteiger partial charge in [0.25, 0.3) is 5.69 Å². The number of nitro groups is 1. The molecule has 19 heteroatoms. The number of para-hydroxylation sites is 1. The van der Waals surface area contributed by atoms with Crippen molar-refractivity contribution in [3.63, 3.8) is 0 Å². The predicted octanol–water partition coefficient (Wildman–Crippen LogP) is 16.2. The summed E-state index contributed by atoms with van der Waals surface area (Å²) in [5.41, 5.74) is 3.36. The van der Waals surface area contributed by atoms with Gasteiger partial charge in [0.2, 0.25) is 17.7 Å². The first-order valence-electron chi connectivity index (χ1n) is 29.2. The zero-order valence-corrected chi connectivity index (χ0v) is 55.1. The maximum Gasteiger partial charge on any atom is 0.513 e. The average Bonchev–Trinajstić information content (AvgIpc) is 0.813. The van der Waals surface area contributed by atoms with Crippen LogP contribution in [0.1, 0.15) is 208 Å². The second-order valence-corrected chi connectivity index (χ2v) is 28.0. The highest BCUT2D eigenvalue weighted by Crippen LogP contribution is 2.43. The van der Waals surface area contributed by atoms with E-state index in [0.717, 1.165) is 33.4 Å². The van der Waals surface area contributed by atoms with Crippen molar-refractivity contribution < 1.29 is 67.0 Å². The molecule has 0 aromatic heterocycles. The van der Waals surface area contributed by atoms with Crippen LogP contribution in [0, 0.1) is 21.7 Å². The number of phenolic OH excluding ortho intramolecular Hbond substituents is 2. The monoisotopic (exact) mass is 1240 g/mol. The molecule has 5 N–H and O–H groups in total. The Balaban J connectivity index is 0.000000289. The molecule has 0 radical (unpaired) electrons. The first-order chi connectivity index (χ1) is 41.3. The van der Waals surface area contributed by atoms with E-state index in [9.17, 15) is 62.7 Å². The Bertz CT molecular complexity index is 3700. The van der Waals surface area contributed by atoms with Gasteiger partial charge in [-0.25, -0.2) is 13.6 Å². The minimum absolute atomic E-state index is 0.0517. The van der Waals surface area contributed by atoms with Crippen LogP contribution >= 0.6 is 0 Å². The number of phenols is 2. The zero-order chi connectivity index (χ0) is 68.4. The summed E-state index contributed by atoms with van der Waals surface area (Å²) in [6, 6.07) is 26.9. The molecule has 0 unspecified atom stereocenters. The van der Waals surface area contributed by atoms with Crippen LogP contribution in [-0.4, -0.2) is 63.5 Å². The number of ketones is 3. The Hall–Kier alpha value is -9.13. The van der Waals surface area contributed by atoms with Crippen molar-refractivity contribution in [2.45, 2.75) is 176 Å². The molecule has 6 rings (SSSR count). The number of Topliss-reactive ketones (excluding diaryl/α,β-unsaturated/α-hetero) is 3. The smallest absolute Gasteiger partial charge is 0.508 e. The number of anilines is 3. The van der Waals surface area contributed by atoms with Crippen molar-refractivity contribution in [3.8, 4) is 17.2 Å². The molecule has 0 saturated carbocycles. The minimum Gasteiger partial charge on any atom is -0.508 e. The Morgan fingerprint density at radius 3 is 1.03 bits per heavy atom. The van der Waals surface area contributed by atoms with Crippen molar-refractivity contribution in [2.24, 2.45) is 0 Å². The van der Waals surface area contributed by atoms with Crippen LogP contribution in [0.2, 0.25) is 0 Å². The molecule has 0 heterocycles. The number of aromatic hydroxyl groups is 2. The second kappa shape index (κ2) is 29.0. The first kappa shape index (κ1) is 73.3. The molecule has 90 heavy (non-hydrogen) atoms. The van der Waals surface area contributed by atoms with E-state index in [-0.39, 0.29) is 72.1 Å². The standard InChI is InChI=1S/C25H30FNO5.C23H28FNO3.C23H28N2O5/c1-24(2,3)16-12-17(25(4,5)6)21(32-23(30)31-7)13-19(16)27-22(29)14-20(28)15-10-8-9-11-18(15)26;1-22(2,3)15-11-16(23(4,5)6)20(27)12-18(15)25-21(28)13-19(26)14-9-7-8-10-17(14)24;1-22(2,3)15-11-16(23(4,5)6)20(27)12-17(15)24-21(28)13-19(26)14-9-7-8-10-18(14)25(29)30/h8-13H,14H2,1-7H3,(H,27,29);7-12,27H,13H2,1-6H3,(H,25,28);7-12,27H,13H2,1-6H3,(H,24,28). The number of carbonyl (C=O) groups is 7. The Morgan fingerprint density at radius 2 is 0.722 bits per heavy atom. The van der Waals surface area contributed by atoms with Crippen molar-refractivity contribution in [1.29, 1.82) is 0 Å². The predicted molar refractivity (Wildman–Crippen MR) is 347 cm³/mol. The number of carbonyl (C=O) groups excluding carboxylic acids is 7. The van der Waals surface area contributed by atoms with Crippen LogP contribution in [0.4, 0.5) is 36.3 Å². The van der Waals surface area contributed by atoms with Gasteiger partial charge in [0, 0.05) is 46.9 Å². The quantitative estimate of drug-likeness (QED) is 0.0170. The van der Waals surface area contributed by atoms with Crippen molar-refractivity contribution in [2.75, 3.05) is 23.1 Å². The normalized spacial score (nSPS) is 11.8. The van der Waals surface area contributed by atoms with Crippen LogP contribution < -0.4 is 20.7 Å². The fourth-order valence-corrected chi connectivity index (χ4v) is 9.48. The Morgan fingerprint density at radius 1 is 0.433 bits per heavy atom. The highest BCUT2D eigenvalue weighted by molar-refractivity contribution is 6.13. The second-order valence-electron chi connectivity index (χ2n) is 28.0. The number of nitrogens with zero attached hydrogens (tertiary/aromatic N) is 1. The number of methoxy groups -OCH3 is 1. The fourth-order valence-electron chi connectivity index (χ4n) is 9.48. The fraction of sp³-hybridized carbons (Fsp3) is 0.394. The third-order valence-corrected chi connectivity index (χ3v) is 14.1. The molecular formula is C71H86F2N4O13.